The lowest BCUT2D eigenvalue weighted by Gasteiger charge is -2.33. The van der Waals surface area contributed by atoms with Crippen molar-refractivity contribution in [2.75, 3.05) is 29.9 Å². The highest BCUT2D eigenvalue weighted by Gasteiger charge is 2.43. The number of anilines is 3. The van der Waals surface area contributed by atoms with E-state index in [2.05, 4.69) is 25.0 Å². The molecule has 1 fully saturated rings. The third kappa shape index (κ3) is 5.65. The number of halogens is 6. The van der Waals surface area contributed by atoms with Gasteiger partial charge in [-0.15, -0.1) is 0 Å². The van der Waals surface area contributed by atoms with Crippen molar-refractivity contribution in [3.05, 3.63) is 54.7 Å². The van der Waals surface area contributed by atoms with Crippen molar-refractivity contribution in [2.24, 2.45) is 0 Å². The Morgan fingerprint density at radius 2 is 1.85 bits per heavy atom. The van der Waals surface area contributed by atoms with Gasteiger partial charge in [-0.3, -0.25) is 0 Å². The lowest BCUT2D eigenvalue weighted by Crippen LogP contribution is -2.49. The van der Waals surface area contributed by atoms with E-state index in [0.29, 0.717) is 11.1 Å². The van der Waals surface area contributed by atoms with Crippen LogP contribution in [0.5, 0.6) is 5.75 Å². The molecule has 4 rings (SSSR count). The Balaban J connectivity index is 1.52. The minimum atomic E-state index is -4.52. The van der Waals surface area contributed by atoms with E-state index in [4.69, 9.17) is 4.74 Å². The minimum Gasteiger partial charge on any atom is -0.435 e. The van der Waals surface area contributed by atoms with Gasteiger partial charge in [0.05, 0.1) is 18.8 Å². The zero-order valence-corrected chi connectivity index (χ0v) is 17.3. The number of alkyl halides is 5. The third-order valence-electron chi connectivity index (χ3n) is 4.87. The van der Waals surface area contributed by atoms with E-state index in [1.54, 1.807) is 0 Å². The van der Waals surface area contributed by atoms with E-state index in [9.17, 15) is 26.3 Å². The second kappa shape index (κ2) is 9.71. The molecular formula is C21H17F6N5O2. The van der Waals surface area contributed by atoms with Crippen molar-refractivity contribution in [3.63, 3.8) is 0 Å². The number of aromatic nitrogens is 3. The summed E-state index contributed by atoms with van der Waals surface area (Å²) < 4.78 is 87.1. The quantitative estimate of drug-likeness (QED) is 0.398. The summed E-state index contributed by atoms with van der Waals surface area (Å²) in [4.78, 5) is 13.2. The maximum atomic E-state index is 14.3. The first kappa shape index (κ1) is 23.5. The fraction of sp³-hybridized carbons (Fsp3) is 0.286. The van der Waals surface area contributed by atoms with Crippen LogP contribution in [0.1, 0.15) is 0 Å². The second-order valence-electron chi connectivity index (χ2n) is 7.18. The number of rotatable bonds is 6. The Morgan fingerprint density at radius 3 is 2.56 bits per heavy atom. The highest BCUT2D eigenvalue weighted by Crippen LogP contribution is 2.29. The number of hydrogen-bond acceptors (Lipinski definition) is 7. The van der Waals surface area contributed by atoms with Gasteiger partial charge >= 0.3 is 12.8 Å². The SMILES string of the molecule is Fc1ncc(-c2ccc(OC(F)F)cc2)cc1Nc1ccnc(N2CCOC(C(F)(F)F)C2)n1. The van der Waals surface area contributed by atoms with Crippen LogP contribution in [0.2, 0.25) is 0 Å². The summed E-state index contributed by atoms with van der Waals surface area (Å²) in [6.45, 7) is -3.41. The van der Waals surface area contributed by atoms with E-state index < -0.39 is 31.4 Å². The topological polar surface area (TPSA) is 72.4 Å². The first-order valence-electron chi connectivity index (χ1n) is 9.93. The molecule has 0 saturated carbocycles. The van der Waals surface area contributed by atoms with Gasteiger partial charge in [0, 0.05) is 24.5 Å². The molecule has 1 N–H and O–H groups in total. The van der Waals surface area contributed by atoms with Gasteiger partial charge in [-0.1, -0.05) is 12.1 Å². The minimum absolute atomic E-state index is 0.0293. The molecule has 1 unspecified atom stereocenters. The van der Waals surface area contributed by atoms with Crippen LogP contribution in [-0.4, -0.2) is 53.5 Å². The number of hydrogen-bond donors (Lipinski definition) is 1. The molecule has 0 radical (unpaired) electrons. The van der Waals surface area contributed by atoms with Crippen molar-refractivity contribution < 1.29 is 35.8 Å². The summed E-state index contributed by atoms with van der Waals surface area (Å²) in [6, 6.07) is 8.55. The van der Waals surface area contributed by atoms with Crippen molar-refractivity contribution in [3.8, 4) is 16.9 Å². The molecule has 0 spiro atoms. The Hall–Kier alpha value is -3.61. The first-order chi connectivity index (χ1) is 16.2. The van der Waals surface area contributed by atoms with Crippen molar-refractivity contribution in [1.82, 2.24) is 15.0 Å². The molecule has 1 aliphatic heterocycles. The number of nitrogens with one attached hydrogen (secondary N) is 1. The molecule has 34 heavy (non-hydrogen) atoms. The third-order valence-corrected chi connectivity index (χ3v) is 4.87. The molecule has 1 atom stereocenters. The van der Waals surface area contributed by atoms with Gasteiger partial charge in [0.25, 0.3) is 0 Å². The van der Waals surface area contributed by atoms with E-state index in [-0.39, 0.29) is 36.4 Å². The number of pyridine rings is 1. The zero-order chi connectivity index (χ0) is 24.3. The van der Waals surface area contributed by atoms with Gasteiger partial charge in [-0.2, -0.15) is 31.3 Å². The molecule has 2 aromatic heterocycles. The van der Waals surface area contributed by atoms with Gasteiger partial charge in [-0.05, 0) is 29.8 Å². The van der Waals surface area contributed by atoms with Crippen molar-refractivity contribution in [2.45, 2.75) is 18.9 Å². The molecule has 0 bridgehead atoms. The first-order valence-corrected chi connectivity index (χ1v) is 9.93. The molecule has 3 heterocycles. The molecule has 1 aliphatic rings. The van der Waals surface area contributed by atoms with Crippen LogP contribution in [0, 0.1) is 5.95 Å². The van der Waals surface area contributed by atoms with Crippen LogP contribution in [0.25, 0.3) is 11.1 Å². The zero-order valence-electron chi connectivity index (χ0n) is 17.3. The van der Waals surface area contributed by atoms with Gasteiger partial charge in [-0.25, -0.2) is 9.97 Å². The standard InChI is InChI=1S/C21H17F6N5O2/c22-18-15(9-13(10-29-18)12-1-3-14(4-2-12)34-19(23)24)30-17-5-6-28-20(31-17)32-7-8-33-16(11-32)21(25,26)27/h1-6,9-10,16,19H,7-8,11H2,(H,28,30,31). The summed E-state index contributed by atoms with van der Waals surface area (Å²) in [5.41, 5.74) is 0.986. The van der Waals surface area contributed by atoms with Gasteiger partial charge < -0.3 is 19.7 Å². The lowest BCUT2D eigenvalue weighted by atomic mass is 10.1. The second-order valence-corrected chi connectivity index (χ2v) is 7.18. The predicted octanol–water partition coefficient (Wildman–Crippen LogP) is 4.79. The van der Waals surface area contributed by atoms with E-state index >= 15 is 0 Å². The smallest absolute Gasteiger partial charge is 0.416 e. The Bertz CT molecular complexity index is 1130. The average Bonchev–Trinajstić information content (AvgIpc) is 2.80. The van der Waals surface area contributed by atoms with Crippen molar-refractivity contribution in [1.29, 1.82) is 0 Å². The number of morpholine rings is 1. The van der Waals surface area contributed by atoms with Crippen LogP contribution in [-0.2, 0) is 4.74 Å². The molecular weight excluding hydrogens is 468 g/mol. The van der Waals surface area contributed by atoms with E-state index in [0.717, 1.165) is 0 Å². The van der Waals surface area contributed by atoms with Crippen LogP contribution in [0.4, 0.5) is 43.8 Å². The Labute approximate surface area is 189 Å². The summed E-state index contributed by atoms with van der Waals surface area (Å²) in [7, 11) is 0. The van der Waals surface area contributed by atoms with Crippen LogP contribution < -0.4 is 15.0 Å². The average molecular weight is 485 g/mol. The highest BCUT2D eigenvalue weighted by molar-refractivity contribution is 5.69. The van der Waals surface area contributed by atoms with Crippen LogP contribution in [0.3, 0.4) is 0 Å². The Kier molecular flexibility index (Phi) is 6.72. The lowest BCUT2D eigenvalue weighted by molar-refractivity contribution is -0.221. The molecule has 3 aromatic rings. The molecule has 7 nitrogen and oxygen atoms in total. The molecule has 0 aliphatic carbocycles. The maximum Gasteiger partial charge on any atom is 0.416 e. The van der Waals surface area contributed by atoms with Crippen LogP contribution in [0.15, 0.2) is 48.8 Å². The fourth-order valence-corrected chi connectivity index (χ4v) is 3.26. The molecule has 13 heteroatoms. The van der Waals surface area contributed by atoms with Gasteiger partial charge in [0.1, 0.15) is 11.6 Å². The van der Waals surface area contributed by atoms with Gasteiger partial charge in [0.15, 0.2) is 6.10 Å². The largest absolute Gasteiger partial charge is 0.435 e. The van der Waals surface area contributed by atoms with Crippen molar-refractivity contribution >= 4 is 17.5 Å². The fourth-order valence-electron chi connectivity index (χ4n) is 3.26. The molecule has 180 valence electrons. The molecule has 1 saturated heterocycles. The van der Waals surface area contributed by atoms with E-state index in [1.165, 1.54) is 53.7 Å². The summed E-state index contributed by atoms with van der Waals surface area (Å²) in [6.07, 6.45) is -3.88. The maximum absolute atomic E-state index is 14.3. The summed E-state index contributed by atoms with van der Waals surface area (Å²) in [5.74, 6) is -0.707. The molecule has 0 amide bonds. The number of benzene rings is 1. The van der Waals surface area contributed by atoms with E-state index in [1.807, 2.05) is 0 Å². The number of nitrogens with zero attached hydrogens (tertiary/aromatic N) is 4. The summed E-state index contributed by atoms with van der Waals surface area (Å²) >= 11 is 0. The normalized spacial score (nSPS) is 16.6. The summed E-state index contributed by atoms with van der Waals surface area (Å²) in [5, 5.41) is 2.75. The van der Waals surface area contributed by atoms with Crippen LogP contribution >= 0.6 is 0 Å². The number of ether oxygens (including phenoxy) is 2. The molecule has 1 aromatic carbocycles. The highest BCUT2D eigenvalue weighted by atomic mass is 19.4. The van der Waals surface area contributed by atoms with Gasteiger partial charge in [0.2, 0.25) is 11.9 Å². The monoisotopic (exact) mass is 485 g/mol. The predicted molar refractivity (Wildman–Crippen MR) is 110 cm³/mol. The Morgan fingerprint density at radius 1 is 1.09 bits per heavy atom.